The molecule has 0 aliphatic rings. The minimum absolute atomic E-state index is 0.0987. The highest BCUT2D eigenvalue weighted by Gasteiger charge is 2.09. The Morgan fingerprint density at radius 2 is 2.07 bits per heavy atom. The van der Waals surface area contributed by atoms with Crippen molar-refractivity contribution in [2.75, 3.05) is 20.3 Å². The lowest BCUT2D eigenvalue weighted by Crippen LogP contribution is -2.17. The van der Waals surface area contributed by atoms with Gasteiger partial charge in [-0.25, -0.2) is 0 Å². The fourth-order valence-corrected chi connectivity index (χ4v) is 1.65. The Bertz CT molecular complexity index is 331. The largest absolute Gasteiger partial charge is 0.495 e. The van der Waals surface area contributed by atoms with E-state index in [1.165, 1.54) is 0 Å². The first-order chi connectivity index (χ1) is 7.20. The summed E-state index contributed by atoms with van der Waals surface area (Å²) in [5, 5.41) is 12.5. The summed E-state index contributed by atoms with van der Waals surface area (Å²) in [7, 11) is 1.54. The van der Waals surface area contributed by atoms with Gasteiger partial charge in [-0.05, 0) is 11.6 Å². The van der Waals surface area contributed by atoms with Gasteiger partial charge >= 0.3 is 0 Å². The Morgan fingerprint density at radius 1 is 1.33 bits per heavy atom. The summed E-state index contributed by atoms with van der Waals surface area (Å²) in [6.45, 7) is 1.20. The molecule has 84 valence electrons. The summed E-state index contributed by atoms with van der Waals surface area (Å²) in [6.07, 6.45) is 0. The molecule has 1 aromatic carbocycles. The summed E-state index contributed by atoms with van der Waals surface area (Å²) >= 11 is 12.0. The molecule has 1 aromatic rings. The van der Waals surface area contributed by atoms with E-state index >= 15 is 0 Å². The number of halogens is 2. The molecule has 0 aromatic heterocycles. The molecule has 0 aliphatic carbocycles. The molecule has 0 bridgehead atoms. The standard InChI is InChI=1S/C10H13Cl2NO2/c1-15-8-3-2-7(6-13-4-5-14)9(11)10(8)12/h2-3,13-14H,4-6H2,1H3. The van der Waals surface area contributed by atoms with Crippen LogP contribution in [0.25, 0.3) is 0 Å². The average Bonchev–Trinajstić information content (AvgIpc) is 2.25. The Kier molecular flexibility index (Phi) is 5.19. The van der Waals surface area contributed by atoms with E-state index in [0.29, 0.717) is 28.9 Å². The van der Waals surface area contributed by atoms with E-state index in [-0.39, 0.29) is 6.61 Å². The van der Waals surface area contributed by atoms with Crippen LogP contribution >= 0.6 is 23.2 Å². The predicted octanol–water partition coefficient (Wildman–Crippen LogP) is 2.08. The fourth-order valence-electron chi connectivity index (χ4n) is 1.17. The number of hydrogen-bond acceptors (Lipinski definition) is 3. The van der Waals surface area contributed by atoms with Crippen molar-refractivity contribution < 1.29 is 9.84 Å². The first-order valence-corrected chi connectivity index (χ1v) is 5.28. The van der Waals surface area contributed by atoms with Crippen LogP contribution in [0.2, 0.25) is 10.0 Å². The summed E-state index contributed by atoms with van der Waals surface area (Å²) in [6, 6.07) is 3.61. The van der Waals surface area contributed by atoms with Crippen molar-refractivity contribution in [1.82, 2.24) is 5.32 Å². The quantitative estimate of drug-likeness (QED) is 0.786. The summed E-state index contributed by atoms with van der Waals surface area (Å²) < 4.78 is 5.03. The lowest BCUT2D eigenvalue weighted by atomic mass is 10.2. The fraction of sp³-hybridized carbons (Fsp3) is 0.400. The second kappa shape index (κ2) is 6.18. The lowest BCUT2D eigenvalue weighted by Gasteiger charge is -2.09. The smallest absolute Gasteiger partial charge is 0.138 e. The number of aliphatic hydroxyl groups excluding tert-OH is 1. The van der Waals surface area contributed by atoms with Crippen LogP contribution in [0, 0.1) is 0 Å². The van der Waals surface area contributed by atoms with Crippen molar-refractivity contribution in [3.8, 4) is 5.75 Å². The van der Waals surface area contributed by atoms with Crippen LogP contribution in [0.3, 0.4) is 0 Å². The highest BCUT2D eigenvalue weighted by molar-refractivity contribution is 6.43. The molecule has 1 rings (SSSR count). The third-order valence-electron chi connectivity index (χ3n) is 1.95. The van der Waals surface area contributed by atoms with Crippen LogP contribution in [-0.2, 0) is 6.54 Å². The second-order valence-electron chi connectivity index (χ2n) is 2.96. The molecule has 0 saturated heterocycles. The van der Waals surface area contributed by atoms with Gasteiger partial charge in [0, 0.05) is 13.1 Å². The number of hydrogen-bond donors (Lipinski definition) is 2. The lowest BCUT2D eigenvalue weighted by molar-refractivity contribution is 0.292. The molecular formula is C10H13Cl2NO2. The summed E-state index contributed by atoms with van der Waals surface area (Å²) in [4.78, 5) is 0. The van der Waals surface area contributed by atoms with E-state index in [1.54, 1.807) is 13.2 Å². The maximum atomic E-state index is 8.61. The zero-order chi connectivity index (χ0) is 11.3. The number of aliphatic hydroxyl groups is 1. The van der Waals surface area contributed by atoms with E-state index in [0.717, 1.165) is 5.56 Å². The summed E-state index contributed by atoms with van der Waals surface area (Å²) in [5.41, 5.74) is 0.885. The van der Waals surface area contributed by atoms with E-state index in [1.807, 2.05) is 6.07 Å². The Balaban J connectivity index is 2.77. The Hall–Kier alpha value is -0.480. The molecule has 0 heterocycles. The maximum Gasteiger partial charge on any atom is 0.138 e. The van der Waals surface area contributed by atoms with Crippen LogP contribution in [0.5, 0.6) is 5.75 Å². The van der Waals surface area contributed by atoms with Gasteiger partial charge in [-0.1, -0.05) is 29.3 Å². The zero-order valence-electron chi connectivity index (χ0n) is 8.39. The van der Waals surface area contributed by atoms with Crippen LogP contribution in [0.1, 0.15) is 5.56 Å². The molecule has 0 fully saturated rings. The monoisotopic (exact) mass is 249 g/mol. The SMILES string of the molecule is COc1ccc(CNCCO)c(Cl)c1Cl. The van der Waals surface area contributed by atoms with Gasteiger partial charge in [0.25, 0.3) is 0 Å². The van der Waals surface area contributed by atoms with Gasteiger partial charge in [-0.15, -0.1) is 0 Å². The van der Waals surface area contributed by atoms with Crippen molar-refractivity contribution >= 4 is 23.2 Å². The number of rotatable bonds is 5. The van der Waals surface area contributed by atoms with E-state index in [4.69, 9.17) is 33.0 Å². The minimum Gasteiger partial charge on any atom is -0.495 e. The van der Waals surface area contributed by atoms with Gasteiger partial charge in [0.2, 0.25) is 0 Å². The van der Waals surface area contributed by atoms with Gasteiger partial charge in [0.15, 0.2) is 0 Å². The van der Waals surface area contributed by atoms with Gasteiger partial charge in [0.1, 0.15) is 10.8 Å². The zero-order valence-corrected chi connectivity index (χ0v) is 9.90. The third-order valence-corrected chi connectivity index (χ3v) is 2.85. The molecule has 0 atom stereocenters. The molecule has 0 amide bonds. The normalized spacial score (nSPS) is 10.4. The van der Waals surface area contributed by atoms with Crippen LogP contribution in [0.15, 0.2) is 12.1 Å². The van der Waals surface area contributed by atoms with Crippen molar-refractivity contribution in [3.63, 3.8) is 0 Å². The molecule has 0 unspecified atom stereocenters. The molecule has 0 spiro atoms. The van der Waals surface area contributed by atoms with Crippen molar-refractivity contribution in [2.24, 2.45) is 0 Å². The number of methoxy groups -OCH3 is 1. The molecule has 3 nitrogen and oxygen atoms in total. The maximum absolute atomic E-state index is 8.61. The molecule has 0 saturated carbocycles. The van der Waals surface area contributed by atoms with Crippen LogP contribution in [-0.4, -0.2) is 25.4 Å². The van der Waals surface area contributed by atoms with E-state index in [9.17, 15) is 0 Å². The van der Waals surface area contributed by atoms with E-state index < -0.39 is 0 Å². The highest BCUT2D eigenvalue weighted by Crippen LogP contribution is 2.34. The van der Waals surface area contributed by atoms with Gasteiger partial charge in [0.05, 0.1) is 18.7 Å². The first kappa shape index (κ1) is 12.6. The predicted molar refractivity (Wildman–Crippen MR) is 61.8 cm³/mol. The number of nitrogens with one attached hydrogen (secondary N) is 1. The van der Waals surface area contributed by atoms with Crippen LogP contribution < -0.4 is 10.1 Å². The van der Waals surface area contributed by atoms with Gasteiger partial charge in [-0.3, -0.25) is 0 Å². The molecule has 0 radical (unpaired) electrons. The molecule has 5 heteroatoms. The van der Waals surface area contributed by atoms with Gasteiger partial charge < -0.3 is 15.2 Å². The number of benzene rings is 1. The minimum atomic E-state index is 0.0987. The van der Waals surface area contributed by atoms with Gasteiger partial charge in [-0.2, -0.15) is 0 Å². The molecule has 0 aliphatic heterocycles. The molecular weight excluding hydrogens is 237 g/mol. The van der Waals surface area contributed by atoms with Crippen molar-refractivity contribution in [3.05, 3.63) is 27.7 Å². The van der Waals surface area contributed by atoms with E-state index in [2.05, 4.69) is 5.32 Å². The van der Waals surface area contributed by atoms with Crippen LogP contribution in [0.4, 0.5) is 0 Å². The second-order valence-corrected chi connectivity index (χ2v) is 3.71. The molecule has 15 heavy (non-hydrogen) atoms. The first-order valence-electron chi connectivity index (χ1n) is 4.53. The van der Waals surface area contributed by atoms with Crippen molar-refractivity contribution in [2.45, 2.75) is 6.54 Å². The average molecular weight is 250 g/mol. The topological polar surface area (TPSA) is 41.5 Å². The van der Waals surface area contributed by atoms with Crippen molar-refractivity contribution in [1.29, 1.82) is 0 Å². The third kappa shape index (κ3) is 3.24. The highest BCUT2D eigenvalue weighted by atomic mass is 35.5. The Labute approximate surface area is 99.0 Å². The number of ether oxygens (including phenoxy) is 1. The summed E-state index contributed by atoms with van der Waals surface area (Å²) in [5.74, 6) is 0.563. The Morgan fingerprint density at radius 3 is 2.67 bits per heavy atom. The molecule has 2 N–H and O–H groups in total.